The summed E-state index contributed by atoms with van der Waals surface area (Å²) in [6, 6.07) is 7.08. The molecule has 2 nitrogen and oxygen atoms in total. The van der Waals surface area contributed by atoms with E-state index in [9.17, 15) is 0 Å². The van der Waals surface area contributed by atoms with Gasteiger partial charge in [0.15, 0.2) is 0 Å². The molecule has 1 rings (SSSR count). The fraction of sp³-hybridized carbons (Fsp3) is 0.182. The van der Waals surface area contributed by atoms with Crippen LogP contribution in [0.4, 0.5) is 0 Å². The highest BCUT2D eigenvalue weighted by atomic mass is 35.5. The lowest BCUT2D eigenvalue weighted by Gasteiger charge is -1.99. The quantitative estimate of drug-likeness (QED) is 0.714. The molecule has 0 spiro atoms. The van der Waals surface area contributed by atoms with E-state index in [1.54, 1.807) is 18.2 Å². The van der Waals surface area contributed by atoms with Gasteiger partial charge in [-0.25, -0.2) is 0 Å². The Bertz CT molecular complexity index is 423. The van der Waals surface area contributed by atoms with Crippen molar-refractivity contribution in [3.63, 3.8) is 0 Å². The van der Waals surface area contributed by atoms with Crippen LogP contribution in [0.2, 0.25) is 5.02 Å². The van der Waals surface area contributed by atoms with Crippen LogP contribution >= 0.6 is 11.6 Å². The van der Waals surface area contributed by atoms with Crippen LogP contribution in [-0.4, -0.2) is 5.11 Å². The van der Waals surface area contributed by atoms with Crippen molar-refractivity contribution < 1.29 is 5.11 Å². The number of hydrogen-bond donors (Lipinski definition) is 1. The molecule has 0 aliphatic rings. The van der Waals surface area contributed by atoms with Crippen molar-refractivity contribution in [3.05, 3.63) is 34.3 Å². The monoisotopic (exact) mass is 205 g/mol. The number of nitriles is 1. The molecule has 0 amide bonds. The van der Waals surface area contributed by atoms with Crippen LogP contribution in [-0.2, 0) is 6.61 Å². The van der Waals surface area contributed by atoms with Crippen molar-refractivity contribution in [1.29, 1.82) is 5.26 Å². The molecule has 0 fully saturated rings. The van der Waals surface area contributed by atoms with E-state index < -0.39 is 0 Å². The molecule has 0 aliphatic heterocycles. The molecule has 1 aromatic carbocycles. The minimum Gasteiger partial charge on any atom is -0.392 e. The first-order valence-corrected chi connectivity index (χ1v) is 4.41. The molecule has 0 aliphatic carbocycles. The number of benzene rings is 1. The summed E-state index contributed by atoms with van der Waals surface area (Å²) in [4.78, 5) is 0. The summed E-state index contributed by atoms with van der Waals surface area (Å²) in [5.74, 6) is 5.49. The van der Waals surface area contributed by atoms with Crippen LogP contribution in [0.25, 0.3) is 0 Å². The molecule has 0 saturated carbocycles. The van der Waals surface area contributed by atoms with E-state index in [-0.39, 0.29) is 13.0 Å². The molecule has 14 heavy (non-hydrogen) atoms. The number of rotatable bonds is 1. The molecule has 3 heteroatoms. The number of nitrogens with zero attached hydrogens (tertiary/aromatic N) is 1. The predicted molar refractivity (Wildman–Crippen MR) is 54.5 cm³/mol. The van der Waals surface area contributed by atoms with Crippen LogP contribution in [0, 0.1) is 23.2 Å². The molecule has 0 atom stereocenters. The zero-order chi connectivity index (χ0) is 10.4. The largest absolute Gasteiger partial charge is 0.392 e. The number of halogens is 1. The van der Waals surface area contributed by atoms with Crippen molar-refractivity contribution >= 4 is 11.6 Å². The maximum absolute atomic E-state index is 8.93. The molecule has 0 aromatic heterocycles. The summed E-state index contributed by atoms with van der Waals surface area (Å²) in [5, 5.41) is 17.7. The molecule has 0 bridgehead atoms. The van der Waals surface area contributed by atoms with Gasteiger partial charge in [-0.1, -0.05) is 23.4 Å². The SMILES string of the molecule is N#CCC#Cc1ccc(Cl)c(CO)c1. The second kappa shape index (κ2) is 5.29. The zero-order valence-electron chi connectivity index (χ0n) is 7.42. The van der Waals surface area contributed by atoms with Gasteiger partial charge < -0.3 is 5.11 Å². The Morgan fingerprint density at radius 1 is 1.43 bits per heavy atom. The van der Waals surface area contributed by atoms with Crippen LogP contribution in [0.1, 0.15) is 17.5 Å². The Morgan fingerprint density at radius 3 is 2.86 bits per heavy atom. The van der Waals surface area contributed by atoms with Gasteiger partial charge in [0.1, 0.15) is 0 Å². The standard InChI is InChI=1S/C11H8ClNO/c12-11-5-4-9(3-1-2-6-13)7-10(11)8-14/h4-5,7,14H,2,8H2. The van der Waals surface area contributed by atoms with Crippen molar-refractivity contribution in [3.8, 4) is 17.9 Å². The van der Waals surface area contributed by atoms with Crippen molar-refractivity contribution in [2.75, 3.05) is 0 Å². The van der Waals surface area contributed by atoms with E-state index in [4.69, 9.17) is 22.0 Å². The highest BCUT2D eigenvalue weighted by Gasteiger charge is 1.98. The second-order valence-electron chi connectivity index (χ2n) is 2.60. The van der Waals surface area contributed by atoms with Gasteiger partial charge in [0.25, 0.3) is 0 Å². The maximum Gasteiger partial charge on any atom is 0.0966 e. The zero-order valence-corrected chi connectivity index (χ0v) is 8.17. The molecule has 0 saturated heterocycles. The van der Waals surface area contributed by atoms with Gasteiger partial charge in [-0.15, -0.1) is 0 Å². The van der Waals surface area contributed by atoms with E-state index in [2.05, 4.69) is 11.8 Å². The van der Waals surface area contributed by atoms with E-state index >= 15 is 0 Å². The van der Waals surface area contributed by atoms with Gasteiger partial charge in [0, 0.05) is 10.6 Å². The minimum absolute atomic E-state index is 0.105. The van der Waals surface area contributed by atoms with Crippen molar-refractivity contribution in [2.24, 2.45) is 0 Å². The first kappa shape index (κ1) is 10.6. The van der Waals surface area contributed by atoms with Gasteiger partial charge in [-0.3, -0.25) is 0 Å². The van der Waals surface area contributed by atoms with Gasteiger partial charge in [-0.2, -0.15) is 5.26 Å². The fourth-order valence-electron chi connectivity index (χ4n) is 0.959. The lowest BCUT2D eigenvalue weighted by Crippen LogP contribution is -1.86. The topological polar surface area (TPSA) is 44.0 Å². The van der Waals surface area contributed by atoms with Crippen LogP contribution in [0.3, 0.4) is 0 Å². The van der Waals surface area contributed by atoms with Crippen LogP contribution in [0.15, 0.2) is 18.2 Å². The van der Waals surface area contributed by atoms with E-state index in [0.29, 0.717) is 10.6 Å². The minimum atomic E-state index is -0.105. The lowest BCUT2D eigenvalue weighted by atomic mass is 10.1. The maximum atomic E-state index is 8.93. The third-order valence-electron chi connectivity index (χ3n) is 1.62. The number of aliphatic hydroxyl groups is 1. The summed E-state index contributed by atoms with van der Waals surface area (Å²) in [6.45, 7) is -0.105. The first-order chi connectivity index (χ1) is 6.77. The molecular formula is C11H8ClNO. The molecule has 0 unspecified atom stereocenters. The average Bonchev–Trinajstić information content (AvgIpc) is 2.21. The average molecular weight is 206 g/mol. The smallest absolute Gasteiger partial charge is 0.0966 e. The Labute approximate surface area is 87.7 Å². The molecule has 1 aromatic rings. The summed E-state index contributed by atoms with van der Waals surface area (Å²) in [5.41, 5.74) is 1.41. The normalized spacial score (nSPS) is 8.64. The van der Waals surface area contributed by atoms with Gasteiger partial charge in [0.05, 0.1) is 19.1 Å². The van der Waals surface area contributed by atoms with Gasteiger partial charge in [0.2, 0.25) is 0 Å². The highest BCUT2D eigenvalue weighted by Crippen LogP contribution is 2.16. The Kier molecular flexibility index (Phi) is 4.01. The third-order valence-corrected chi connectivity index (χ3v) is 1.98. The van der Waals surface area contributed by atoms with Gasteiger partial charge in [-0.05, 0) is 23.8 Å². The van der Waals surface area contributed by atoms with E-state index in [1.165, 1.54) is 0 Å². The van der Waals surface area contributed by atoms with E-state index in [0.717, 1.165) is 5.56 Å². The molecular weight excluding hydrogens is 198 g/mol. The molecule has 0 radical (unpaired) electrons. The Balaban J connectivity index is 2.92. The number of aliphatic hydroxyl groups excluding tert-OH is 1. The van der Waals surface area contributed by atoms with Gasteiger partial charge >= 0.3 is 0 Å². The summed E-state index contributed by atoms with van der Waals surface area (Å²) < 4.78 is 0. The summed E-state index contributed by atoms with van der Waals surface area (Å²) >= 11 is 5.80. The lowest BCUT2D eigenvalue weighted by molar-refractivity contribution is 0.282. The van der Waals surface area contributed by atoms with E-state index in [1.807, 2.05) is 6.07 Å². The van der Waals surface area contributed by atoms with Crippen LogP contribution < -0.4 is 0 Å². The summed E-state index contributed by atoms with van der Waals surface area (Å²) in [7, 11) is 0. The third kappa shape index (κ3) is 2.78. The fourth-order valence-corrected chi connectivity index (χ4v) is 1.14. The van der Waals surface area contributed by atoms with Crippen molar-refractivity contribution in [1.82, 2.24) is 0 Å². The predicted octanol–water partition coefficient (Wildman–Crippen LogP) is 2.10. The molecule has 70 valence electrons. The molecule has 0 heterocycles. The summed E-state index contributed by atoms with van der Waals surface area (Å²) in [6.07, 6.45) is 0.205. The number of hydrogen-bond acceptors (Lipinski definition) is 2. The highest BCUT2D eigenvalue weighted by molar-refractivity contribution is 6.31. The molecule has 1 N–H and O–H groups in total. The second-order valence-corrected chi connectivity index (χ2v) is 3.01. The Morgan fingerprint density at radius 2 is 2.21 bits per heavy atom. The first-order valence-electron chi connectivity index (χ1n) is 4.03. The Hall–Kier alpha value is -1.48. The van der Waals surface area contributed by atoms with Crippen molar-refractivity contribution in [2.45, 2.75) is 13.0 Å². The van der Waals surface area contributed by atoms with Crippen LogP contribution in [0.5, 0.6) is 0 Å².